The van der Waals surface area contributed by atoms with Crippen LogP contribution in [0.4, 0.5) is 8.78 Å². The zero-order chi connectivity index (χ0) is 22.0. The van der Waals surface area contributed by atoms with E-state index in [1.165, 1.54) is 5.01 Å². The molecule has 0 saturated carbocycles. The molecule has 0 N–H and O–H groups in total. The first kappa shape index (κ1) is 21.6. The van der Waals surface area contributed by atoms with Gasteiger partial charge in [0.05, 0.1) is 30.5 Å². The fourth-order valence-corrected chi connectivity index (χ4v) is 4.47. The summed E-state index contributed by atoms with van der Waals surface area (Å²) in [6.45, 7) is 6.43. The molecule has 2 aromatic rings. The van der Waals surface area contributed by atoms with E-state index in [1.807, 2.05) is 44.2 Å². The van der Waals surface area contributed by atoms with Crippen LogP contribution in [0, 0.1) is 11.6 Å². The Morgan fingerprint density at radius 1 is 1.16 bits per heavy atom. The molecule has 5 nitrogen and oxygen atoms in total. The largest absolute Gasteiger partial charge is 0.379 e. The van der Waals surface area contributed by atoms with Gasteiger partial charge >= 0.3 is 0 Å². The molecule has 1 amide bonds. The van der Waals surface area contributed by atoms with Crippen molar-refractivity contribution in [1.82, 2.24) is 9.91 Å². The van der Waals surface area contributed by atoms with E-state index in [-0.39, 0.29) is 17.5 Å². The SMILES string of the molecule is CCC(C(=O)N1N=C(c2cc(F)ccc2F)CC1(C)c1ccccc1)N1CCOCC1. The predicted octanol–water partition coefficient (Wildman–Crippen LogP) is 3.93. The number of benzene rings is 2. The summed E-state index contributed by atoms with van der Waals surface area (Å²) in [5, 5.41) is 6.08. The highest BCUT2D eigenvalue weighted by atomic mass is 19.1. The van der Waals surface area contributed by atoms with Gasteiger partial charge in [0.1, 0.15) is 11.6 Å². The Kier molecular flexibility index (Phi) is 6.16. The number of ether oxygens (including phenoxy) is 1. The second-order valence-electron chi connectivity index (χ2n) is 8.21. The summed E-state index contributed by atoms with van der Waals surface area (Å²) in [7, 11) is 0. The topological polar surface area (TPSA) is 45.1 Å². The van der Waals surface area contributed by atoms with Crippen LogP contribution in [0.3, 0.4) is 0 Å². The van der Waals surface area contributed by atoms with Crippen molar-refractivity contribution in [2.45, 2.75) is 38.3 Å². The molecular weight excluding hydrogens is 400 g/mol. The molecule has 0 bridgehead atoms. The number of morpholine rings is 1. The maximum atomic E-state index is 14.5. The average molecular weight is 427 g/mol. The molecule has 4 rings (SSSR count). The second-order valence-corrected chi connectivity index (χ2v) is 8.21. The van der Waals surface area contributed by atoms with Gasteiger partial charge in [-0.1, -0.05) is 37.3 Å². The lowest BCUT2D eigenvalue weighted by atomic mass is 9.85. The van der Waals surface area contributed by atoms with Crippen LogP contribution in [-0.2, 0) is 15.1 Å². The van der Waals surface area contributed by atoms with Gasteiger partial charge in [-0.2, -0.15) is 5.10 Å². The summed E-state index contributed by atoms with van der Waals surface area (Å²) in [6, 6.07) is 12.6. The second kappa shape index (κ2) is 8.85. The van der Waals surface area contributed by atoms with E-state index < -0.39 is 17.2 Å². The fourth-order valence-electron chi connectivity index (χ4n) is 4.47. The maximum Gasteiger partial charge on any atom is 0.260 e. The quantitative estimate of drug-likeness (QED) is 0.727. The molecule has 0 spiro atoms. The van der Waals surface area contributed by atoms with Crippen LogP contribution in [0.2, 0.25) is 0 Å². The Hall–Kier alpha value is -2.64. The van der Waals surface area contributed by atoms with Crippen LogP contribution in [0.15, 0.2) is 53.6 Å². The Labute approximate surface area is 181 Å². The highest BCUT2D eigenvalue weighted by Crippen LogP contribution is 2.40. The summed E-state index contributed by atoms with van der Waals surface area (Å²) in [5.74, 6) is -1.22. The minimum atomic E-state index is -0.799. The van der Waals surface area contributed by atoms with Gasteiger partial charge in [0.25, 0.3) is 5.91 Å². The number of carbonyl (C=O) groups is 1. The van der Waals surface area contributed by atoms with Crippen LogP contribution in [-0.4, -0.2) is 53.9 Å². The third-order valence-corrected chi connectivity index (χ3v) is 6.20. The molecule has 2 atom stereocenters. The summed E-state index contributed by atoms with van der Waals surface area (Å²) < 4.78 is 33.9. The summed E-state index contributed by atoms with van der Waals surface area (Å²) in [4.78, 5) is 15.9. The molecule has 2 aliphatic rings. The average Bonchev–Trinajstić information content (AvgIpc) is 3.16. The molecule has 2 aliphatic heterocycles. The standard InChI is InChI=1S/C24H27F2N3O2/c1-3-22(28-11-13-31-14-12-28)23(30)29-24(2,17-7-5-4-6-8-17)16-21(27-29)19-15-18(25)9-10-20(19)26/h4-10,15,22H,3,11-14,16H2,1-2H3. The van der Waals surface area contributed by atoms with Crippen molar-refractivity contribution in [3.8, 4) is 0 Å². The van der Waals surface area contributed by atoms with Gasteiger partial charge in [-0.05, 0) is 37.1 Å². The van der Waals surface area contributed by atoms with Gasteiger partial charge < -0.3 is 4.74 Å². The lowest BCUT2D eigenvalue weighted by Gasteiger charge is -2.39. The first-order valence-electron chi connectivity index (χ1n) is 10.7. The van der Waals surface area contributed by atoms with E-state index in [4.69, 9.17) is 4.74 Å². The molecule has 2 aromatic carbocycles. The van der Waals surface area contributed by atoms with E-state index in [1.54, 1.807) is 0 Å². The number of amides is 1. The number of hydrazone groups is 1. The van der Waals surface area contributed by atoms with E-state index in [0.29, 0.717) is 44.9 Å². The molecule has 0 aromatic heterocycles. The van der Waals surface area contributed by atoms with E-state index >= 15 is 0 Å². The number of rotatable bonds is 5. The third kappa shape index (κ3) is 4.12. The van der Waals surface area contributed by atoms with Gasteiger partial charge in [-0.15, -0.1) is 0 Å². The molecular formula is C24H27F2N3O2. The zero-order valence-corrected chi connectivity index (χ0v) is 17.9. The van der Waals surface area contributed by atoms with Crippen LogP contribution in [0.25, 0.3) is 0 Å². The Bertz CT molecular complexity index is 976. The van der Waals surface area contributed by atoms with E-state index in [9.17, 15) is 13.6 Å². The van der Waals surface area contributed by atoms with Crippen molar-refractivity contribution in [3.63, 3.8) is 0 Å². The molecule has 1 fully saturated rings. The van der Waals surface area contributed by atoms with Crippen molar-refractivity contribution < 1.29 is 18.3 Å². The fraction of sp³-hybridized carbons (Fsp3) is 0.417. The first-order valence-corrected chi connectivity index (χ1v) is 10.7. The maximum absolute atomic E-state index is 14.5. The van der Waals surface area contributed by atoms with E-state index in [2.05, 4.69) is 10.0 Å². The molecule has 2 heterocycles. The first-order chi connectivity index (χ1) is 14.9. The highest BCUT2D eigenvalue weighted by Gasteiger charge is 2.46. The Morgan fingerprint density at radius 2 is 1.87 bits per heavy atom. The molecule has 164 valence electrons. The van der Waals surface area contributed by atoms with Gasteiger partial charge in [-0.25, -0.2) is 13.8 Å². The normalized spacial score (nSPS) is 23.0. The van der Waals surface area contributed by atoms with Gasteiger partial charge in [0, 0.05) is 25.1 Å². The van der Waals surface area contributed by atoms with Crippen LogP contribution < -0.4 is 0 Å². The third-order valence-electron chi connectivity index (χ3n) is 6.20. The Morgan fingerprint density at radius 3 is 2.55 bits per heavy atom. The van der Waals surface area contributed by atoms with E-state index in [0.717, 1.165) is 23.8 Å². The smallest absolute Gasteiger partial charge is 0.260 e. The van der Waals surface area contributed by atoms with Crippen LogP contribution in [0.5, 0.6) is 0 Å². The molecule has 0 aliphatic carbocycles. The van der Waals surface area contributed by atoms with Crippen molar-refractivity contribution in [2.24, 2.45) is 5.10 Å². The highest BCUT2D eigenvalue weighted by molar-refractivity contribution is 6.04. The molecule has 0 radical (unpaired) electrons. The lowest BCUT2D eigenvalue weighted by molar-refractivity contribution is -0.144. The minimum absolute atomic E-state index is 0.0943. The summed E-state index contributed by atoms with van der Waals surface area (Å²) in [5.41, 5.74) is 0.563. The predicted molar refractivity (Wildman–Crippen MR) is 115 cm³/mol. The molecule has 7 heteroatoms. The zero-order valence-electron chi connectivity index (χ0n) is 17.9. The van der Waals surface area contributed by atoms with Gasteiger partial charge in [-0.3, -0.25) is 9.69 Å². The number of carbonyl (C=O) groups excluding carboxylic acids is 1. The Balaban J connectivity index is 1.75. The van der Waals surface area contributed by atoms with Crippen LogP contribution in [0.1, 0.15) is 37.8 Å². The number of nitrogens with zero attached hydrogens (tertiary/aromatic N) is 3. The summed E-state index contributed by atoms with van der Waals surface area (Å²) in [6.07, 6.45) is 0.919. The number of halogens is 2. The lowest BCUT2D eigenvalue weighted by Crippen LogP contribution is -2.54. The van der Waals surface area contributed by atoms with Crippen molar-refractivity contribution in [3.05, 3.63) is 71.3 Å². The van der Waals surface area contributed by atoms with Crippen LogP contribution >= 0.6 is 0 Å². The monoisotopic (exact) mass is 427 g/mol. The van der Waals surface area contributed by atoms with Gasteiger partial charge in [0.15, 0.2) is 0 Å². The van der Waals surface area contributed by atoms with Gasteiger partial charge in [0.2, 0.25) is 0 Å². The van der Waals surface area contributed by atoms with Crippen molar-refractivity contribution in [1.29, 1.82) is 0 Å². The summed E-state index contributed by atoms with van der Waals surface area (Å²) >= 11 is 0. The number of hydrogen-bond donors (Lipinski definition) is 0. The molecule has 31 heavy (non-hydrogen) atoms. The van der Waals surface area contributed by atoms with Crippen molar-refractivity contribution >= 4 is 11.6 Å². The van der Waals surface area contributed by atoms with Crippen molar-refractivity contribution in [2.75, 3.05) is 26.3 Å². The minimum Gasteiger partial charge on any atom is -0.379 e. The molecule has 2 unspecified atom stereocenters. The number of hydrogen-bond acceptors (Lipinski definition) is 4. The molecule has 1 saturated heterocycles.